The SMILES string of the molecule is O=C1NCCCCN/C1=C\C(=O)c1ccccc1. The number of nitrogens with one attached hydrogen (secondary N) is 2. The second-order valence-corrected chi connectivity index (χ2v) is 4.18. The Hall–Kier alpha value is -2.10. The van der Waals surface area contributed by atoms with E-state index in [0.29, 0.717) is 17.8 Å². The van der Waals surface area contributed by atoms with E-state index in [2.05, 4.69) is 10.6 Å². The number of ketones is 1. The number of amides is 1. The number of hydrogen-bond acceptors (Lipinski definition) is 3. The number of rotatable bonds is 2. The lowest BCUT2D eigenvalue weighted by atomic mass is 10.1. The molecule has 0 aromatic heterocycles. The second kappa shape index (κ2) is 6.00. The lowest BCUT2D eigenvalue weighted by Crippen LogP contribution is -2.36. The molecule has 0 radical (unpaired) electrons. The van der Waals surface area contributed by atoms with E-state index in [1.807, 2.05) is 6.07 Å². The fraction of sp³-hybridized carbons (Fsp3) is 0.286. The van der Waals surface area contributed by atoms with Crippen LogP contribution in [0.3, 0.4) is 0 Å². The van der Waals surface area contributed by atoms with Gasteiger partial charge in [-0.1, -0.05) is 30.3 Å². The number of carbonyl (C=O) groups excluding carboxylic acids is 2. The third-order valence-electron chi connectivity index (χ3n) is 2.78. The lowest BCUT2D eigenvalue weighted by Gasteiger charge is -2.14. The van der Waals surface area contributed by atoms with E-state index in [9.17, 15) is 9.59 Å². The minimum atomic E-state index is -0.209. The molecule has 0 unspecified atom stereocenters. The van der Waals surface area contributed by atoms with Crippen LogP contribution < -0.4 is 10.6 Å². The fourth-order valence-corrected chi connectivity index (χ4v) is 1.78. The van der Waals surface area contributed by atoms with Crippen LogP contribution in [0.4, 0.5) is 0 Å². The zero-order valence-corrected chi connectivity index (χ0v) is 10.1. The number of allylic oxidation sites excluding steroid dienone is 1. The summed E-state index contributed by atoms with van der Waals surface area (Å²) in [6.07, 6.45) is 3.31. The Morgan fingerprint density at radius 1 is 1.06 bits per heavy atom. The number of benzene rings is 1. The zero-order chi connectivity index (χ0) is 12.8. The summed E-state index contributed by atoms with van der Waals surface area (Å²) in [6.45, 7) is 1.39. The monoisotopic (exact) mass is 244 g/mol. The van der Waals surface area contributed by atoms with Gasteiger partial charge in [-0.05, 0) is 12.8 Å². The van der Waals surface area contributed by atoms with Crippen LogP contribution >= 0.6 is 0 Å². The van der Waals surface area contributed by atoms with Gasteiger partial charge in [-0.25, -0.2) is 0 Å². The zero-order valence-electron chi connectivity index (χ0n) is 10.1. The standard InChI is InChI=1S/C14H16N2O2/c17-13(11-6-2-1-3-7-11)10-12-14(18)16-9-5-4-8-15-12/h1-3,6-7,10,15H,4-5,8-9H2,(H,16,18)/b12-10-. The van der Waals surface area contributed by atoms with Gasteiger partial charge in [0.05, 0.1) is 0 Å². The Balaban J connectivity index is 2.15. The van der Waals surface area contributed by atoms with Gasteiger partial charge >= 0.3 is 0 Å². The van der Waals surface area contributed by atoms with Gasteiger partial charge in [-0.2, -0.15) is 0 Å². The first-order chi connectivity index (χ1) is 8.77. The molecule has 1 heterocycles. The van der Waals surface area contributed by atoms with Crippen molar-refractivity contribution in [1.29, 1.82) is 0 Å². The van der Waals surface area contributed by atoms with E-state index in [1.165, 1.54) is 6.08 Å². The second-order valence-electron chi connectivity index (χ2n) is 4.18. The molecular formula is C14H16N2O2. The summed E-state index contributed by atoms with van der Waals surface area (Å²) in [5, 5.41) is 5.77. The Kier molecular flexibility index (Phi) is 4.12. The van der Waals surface area contributed by atoms with Crippen molar-refractivity contribution in [1.82, 2.24) is 10.6 Å². The number of carbonyl (C=O) groups is 2. The fourth-order valence-electron chi connectivity index (χ4n) is 1.78. The van der Waals surface area contributed by atoms with E-state index < -0.39 is 0 Å². The maximum atomic E-state index is 12.0. The summed E-state index contributed by atoms with van der Waals surface area (Å²) in [7, 11) is 0. The molecule has 0 spiro atoms. The summed E-state index contributed by atoms with van der Waals surface area (Å²) >= 11 is 0. The van der Waals surface area contributed by atoms with E-state index >= 15 is 0 Å². The molecule has 0 atom stereocenters. The molecule has 4 heteroatoms. The highest BCUT2D eigenvalue weighted by atomic mass is 16.2. The van der Waals surface area contributed by atoms with Gasteiger partial charge in [0.1, 0.15) is 5.70 Å². The topological polar surface area (TPSA) is 58.2 Å². The highest BCUT2D eigenvalue weighted by molar-refractivity contribution is 6.09. The minimum absolute atomic E-state index is 0.158. The minimum Gasteiger partial charge on any atom is -0.380 e. The molecule has 1 aromatic rings. The van der Waals surface area contributed by atoms with Crippen LogP contribution in [-0.2, 0) is 4.79 Å². The van der Waals surface area contributed by atoms with Crippen LogP contribution in [0.1, 0.15) is 23.2 Å². The lowest BCUT2D eigenvalue weighted by molar-refractivity contribution is -0.118. The van der Waals surface area contributed by atoms with Gasteiger partial charge in [0.25, 0.3) is 5.91 Å². The summed E-state index contributed by atoms with van der Waals surface area (Å²) in [6, 6.07) is 8.93. The van der Waals surface area contributed by atoms with Crippen molar-refractivity contribution >= 4 is 11.7 Å². The van der Waals surface area contributed by atoms with Crippen LogP contribution in [-0.4, -0.2) is 24.8 Å². The first-order valence-corrected chi connectivity index (χ1v) is 6.10. The van der Waals surface area contributed by atoms with Crippen LogP contribution in [0.15, 0.2) is 42.1 Å². The van der Waals surface area contributed by atoms with Crippen molar-refractivity contribution in [2.75, 3.05) is 13.1 Å². The Morgan fingerprint density at radius 3 is 2.44 bits per heavy atom. The predicted octanol–water partition coefficient (Wildman–Crippen LogP) is 1.25. The molecule has 1 saturated heterocycles. The largest absolute Gasteiger partial charge is 0.380 e. The van der Waals surface area contributed by atoms with Crippen molar-refractivity contribution in [2.45, 2.75) is 12.8 Å². The first kappa shape index (κ1) is 12.4. The summed E-state index contributed by atoms with van der Waals surface area (Å²) < 4.78 is 0. The van der Waals surface area contributed by atoms with Crippen LogP contribution in [0.2, 0.25) is 0 Å². The van der Waals surface area contributed by atoms with Crippen LogP contribution in [0.25, 0.3) is 0 Å². The van der Waals surface area contributed by atoms with Crippen LogP contribution in [0, 0.1) is 0 Å². The van der Waals surface area contributed by atoms with E-state index in [1.54, 1.807) is 24.3 Å². The van der Waals surface area contributed by atoms with Gasteiger partial charge in [0.2, 0.25) is 0 Å². The first-order valence-electron chi connectivity index (χ1n) is 6.10. The van der Waals surface area contributed by atoms with Crippen molar-refractivity contribution in [3.8, 4) is 0 Å². The van der Waals surface area contributed by atoms with Gasteiger partial charge in [-0.3, -0.25) is 9.59 Å². The molecule has 2 rings (SSSR count). The third-order valence-corrected chi connectivity index (χ3v) is 2.78. The molecule has 2 N–H and O–H groups in total. The van der Waals surface area contributed by atoms with Gasteiger partial charge < -0.3 is 10.6 Å². The van der Waals surface area contributed by atoms with Crippen molar-refractivity contribution in [3.05, 3.63) is 47.7 Å². The summed E-state index contributed by atoms with van der Waals surface area (Å²) in [5.74, 6) is -0.368. The summed E-state index contributed by atoms with van der Waals surface area (Å²) in [5.41, 5.74) is 0.935. The smallest absolute Gasteiger partial charge is 0.267 e. The molecule has 1 aromatic carbocycles. The maximum Gasteiger partial charge on any atom is 0.267 e. The number of hydrogen-bond donors (Lipinski definition) is 2. The quantitative estimate of drug-likeness (QED) is 0.608. The molecule has 1 fully saturated rings. The maximum absolute atomic E-state index is 12.0. The van der Waals surface area contributed by atoms with Gasteiger partial charge in [0, 0.05) is 24.7 Å². The Bertz CT molecular complexity index is 466. The summed E-state index contributed by atoms with van der Waals surface area (Å²) in [4.78, 5) is 23.7. The highest BCUT2D eigenvalue weighted by Crippen LogP contribution is 2.04. The van der Waals surface area contributed by atoms with E-state index in [0.717, 1.165) is 19.4 Å². The molecule has 0 saturated carbocycles. The van der Waals surface area contributed by atoms with Crippen molar-refractivity contribution in [2.24, 2.45) is 0 Å². The average molecular weight is 244 g/mol. The van der Waals surface area contributed by atoms with Gasteiger partial charge in [0.15, 0.2) is 5.78 Å². The molecule has 0 bridgehead atoms. The third kappa shape index (κ3) is 3.20. The Labute approximate surface area is 106 Å². The molecular weight excluding hydrogens is 228 g/mol. The molecule has 1 aliphatic heterocycles. The molecule has 1 aliphatic rings. The normalized spacial score (nSPS) is 18.4. The van der Waals surface area contributed by atoms with Crippen LogP contribution in [0.5, 0.6) is 0 Å². The average Bonchev–Trinajstić information content (AvgIpc) is 2.39. The molecule has 0 aliphatic carbocycles. The van der Waals surface area contributed by atoms with Gasteiger partial charge in [-0.15, -0.1) is 0 Å². The molecule has 18 heavy (non-hydrogen) atoms. The van der Waals surface area contributed by atoms with Crippen molar-refractivity contribution < 1.29 is 9.59 Å². The Morgan fingerprint density at radius 2 is 1.72 bits per heavy atom. The molecule has 4 nitrogen and oxygen atoms in total. The molecule has 94 valence electrons. The molecule has 1 amide bonds. The van der Waals surface area contributed by atoms with Crippen molar-refractivity contribution in [3.63, 3.8) is 0 Å². The van der Waals surface area contributed by atoms with E-state index in [4.69, 9.17) is 0 Å². The predicted molar refractivity (Wildman–Crippen MR) is 69.1 cm³/mol. The van der Waals surface area contributed by atoms with E-state index in [-0.39, 0.29) is 11.7 Å². The highest BCUT2D eigenvalue weighted by Gasteiger charge is 2.13.